The summed E-state index contributed by atoms with van der Waals surface area (Å²) in [6.45, 7) is 2.82. The summed E-state index contributed by atoms with van der Waals surface area (Å²) in [5, 5.41) is 0.688. The van der Waals surface area contributed by atoms with Crippen molar-refractivity contribution in [1.82, 2.24) is 0 Å². The number of carbonyl (C=O) groups is 1. The molecule has 0 unspecified atom stereocenters. The summed E-state index contributed by atoms with van der Waals surface area (Å²) in [5.74, 6) is 1.01. The Kier molecular flexibility index (Phi) is 3.89. The van der Waals surface area contributed by atoms with Crippen molar-refractivity contribution >= 4 is 17.6 Å². The molecule has 1 saturated carbocycles. The van der Waals surface area contributed by atoms with E-state index in [1.165, 1.54) is 0 Å². The molecule has 3 nitrogen and oxygen atoms in total. The monoisotopic (exact) mass is 254 g/mol. The summed E-state index contributed by atoms with van der Waals surface area (Å²) in [5.41, 5.74) is 0. The number of carbonyl (C=O) groups excluding carboxylic acids is 1. The largest absolute Gasteiger partial charge is 0.493 e. The lowest BCUT2D eigenvalue weighted by molar-refractivity contribution is -0.145. The van der Waals surface area contributed by atoms with Gasteiger partial charge in [-0.25, -0.2) is 0 Å². The zero-order valence-corrected chi connectivity index (χ0v) is 10.4. The Morgan fingerprint density at radius 3 is 2.76 bits per heavy atom. The third kappa shape index (κ3) is 3.37. The molecule has 2 rings (SSSR count). The molecule has 0 aromatic heterocycles. The number of ether oxygens (including phenoxy) is 2. The molecule has 0 saturated heterocycles. The van der Waals surface area contributed by atoms with E-state index in [2.05, 4.69) is 0 Å². The lowest BCUT2D eigenvalue weighted by Crippen LogP contribution is -2.10. The molecule has 0 aliphatic heterocycles. The Hall–Kier alpha value is -1.22. The first kappa shape index (κ1) is 12.2. The second kappa shape index (κ2) is 5.41. The van der Waals surface area contributed by atoms with Crippen LogP contribution in [0.15, 0.2) is 24.3 Å². The lowest BCUT2D eigenvalue weighted by atomic mass is 10.3. The van der Waals surface area contributed by atoms with Crippen LogP contribution < -0.4 is 4.74 Å². The Balaban J connectivity index is 1.74. The maximum atomic E-state index is 11.4. The van der Waals surface area contributed by atoms with Gasteiger partial charge in [0.2, 0.25) is 0 Å². The van der Waals surface area contributed by atoms with Crippen LogP contribution in [0.3, 0.4) is 0 Å². The van der Waals surface area contributed by atoms with Gasteiger partial charge in [-0.3, -0.25) is 4.79 Å². The van der Waals surface area contributed by atoms with Crippen LogP contribution in [-0.4, -0.2) is 19.2 Å². The molecule has 1 fully saturated rings. The maximum Gasteiger partial charge on any atom is 0.309 e. The van der Waals surface area contributed by atoms with Crippen LogP contribution in [-0.2, 0) is 9.53 Å². The van der Waals surface area contributed by atoms with Gasteiger partial charge in [-0.2, -0.15) is 0 Å². The van der Waals surface area contributed by atoms with Crippen molar-refractivity contribution in [2.24, 2.45) is 11.8 Å². The Morgan fingerprint density at radius 2 is 2.12 bits per heavy atom. The van der Waals surface area contributed by atoms with Gasteiger partial charge in [0.05, 0.1) is 19.1 Å². The van der Waals surface area contributed by atoms with E-state index in [1.807, 2.05) is 19.1 Å². The van der Waals surface area contributed by atoms with Gasteiger partial charge in [-0.15, -0.1) is 0 Å². The summed E-state index contributed by atoms with van der Waals surface area (Å²) in [7, 11) is 0. The minimum Gasteiger partial charge on any atom is -0.493 e. The highest BCUT2D eigenvalue weighted by Crippen LogP contribution is 2.39. The van der Waals surface area contributed by atoms with Gasteiger partial charge in [0.1, 0.15) is 5.75 Å². The van der Waals surface area contributed by atoms with E-state index in [1.54, 1.807) is 12.1 Å². The Bertz CT molecular complexity index is 388. The van der Waals surface area contributed by atoms with E-state index in [0.29, 0.717) is 24.2 Å². The minimum absolute atomic E-state index is 0.0299. The highest BCUT2D eigenvalue weighted by Gasteiger charge is 2.44. The van der Waals surface area contributed by atoms with Gasteiger partial charge >= 0.3 is 5.97 Å². The van der Waals surface area contributed by atoms with Crippen LogP contribution in [0.5, 0.6) is 5.75 Å². The molecule has 1 aromatic carbocycles. The fraction of sp³-hybridized carbons (Fsp3) is 0.462. The van der Waals surface area contributed by atoms with Gasteiger partial charge in [0, 0.05) is 10.9 Å². The predicted octanol–water partition coefficient (Wildman–Crippen LogP) is 2.92. The summed E-state index contributed by atoms with van der Waals surface area (Å²) in [4.78, 5) is 11.4. The number of esters is 1. The number of halogens is 1. The lowest BCUT2D eigenvalue weighted by Gasteiger charge is -2.05. The van der Waals surface area contributed by atoms with E-state index >= 15 is 0 Å². The zero-order chi connectivity index (χ0) is 12.3. The molecular weight excluding hydrogens is 240 g/mol. The third-order valence-electron chi connectivity index (χ3n) is 2.79. The van der Waals surface area contributed by atoms with E-state index in [4.69, 9.17) is 21.1 Å². The second-order valence-electron chi connectivity index (χ2n) is 4.12. The van der Waals surface area contributed by atoms with Crippen molar-refractivity contribution < 1.29 is 14.3 Å². The molecule has 2 atom stereocenters. The molecule has 1 aliphatic carbocycles. The quantitative estimate of drug-likeness (QED) is 0.758. The molecule has 0 heterocycles. The molecule has 0 spiro atoms. The summed E-state index contributed by atoms with van der Waals surface area (Å²) < 4.78 is 10.5. The first-order valence-corrected chi connectivity index (χ1v) is 6.13. The molecule has 0 amide bonds. The summed E-state index contributed by atoms with van der Waals surface area (Å²) in [6.07, 6.45) is 0.867. The highest BCUT2D eigenvalue weighted by molar-refractivity contribution is 6.30. The van der Waals surface area contributed by atoms with Crippen molar-refractivity contribution in [3.05, 3.63) is 29.3 Å². The van der Waals surface area contributed by atoms with Crippen molar-refractivity contribution in [2.45, 2.75) is 13.3 Å². The minimum atomic E-state index is -0.0998. The van der Waals surface area contributed by atoms with Gasteiger partial charge < -0.3 is 9.47 Å². The van der Waals surface area contributed by atoms with Crippen molar-refractivity contribution in [1.29, 1.82) is 0 Å². The second-order valence-corrected chi connectivity index (χ2v) is 4.56. The Labute approximate surface area is 106 Å². The topological polar surface area (TPSA) is 35.5 Å². The van der Waals surface area contributed by atoms with Crippen molar-refractivity contribution in [2.75, 3.05) is 13.2 Å². The van der Waals surface area contributed by atoms with Gasteiger partial charge in [0.25, 0.3) is 0 Å². The molecule has 1 aliphatic rings. The van der Waals surface area contributed by atoms with Crippen molar-refractivity contribution in [3.63, 3.8) is 0 Å². The van der Waals surface area contributed by atoms with Crippen LogP contribution in [0.4, 0.5) is 0 Å². The standard InChI is InChI=1S/C13H15ClO3/c1-2-16-13(15)12-7-9(12)8-17-11-5-3-10(14)4-6-11/h3-6,9,12H,2,7-8H2,1H3/t9-,12+/m0/s1. The maximum absolute atomic E-state index is 11.4. The first-order valence-electron chi connectivity index (χ1n) is 5.75. The Morgan fingerprint density at radius 1 is 1.41 bits per heavy atom. The van der Waals surface area contributed by atoms with E-state index in [0.717, 1.165) is 12.2 Å². The van der Waals surface area contributed by atoms with Gasteiger partial charge in [0.15, 0.2) is 0 Å². The molecule has 0 bridgehead atoms. The summed E-state index contributed by atoms with van der Waals surface area (Å²) in [6, 6.07) is 7.22. The van der Waals surface area contributed by atoms with Crippen LogP contribution in [0.25, 0.3) is 0 Å². The van der Waals surface area contributed by atoms with Crippen molar-refractivity contribution in [3.8, 4) is 5.75 Å². The fourth-order valence-corrected chi connectivity index (χ4v) is 1.83. The SMILES string of the molecule is CCOC(=O)[C@@H]1C[C@H]1COc1ccc(Cl)cc1. The number of benzene rings is 1. The van der Waals surface area contributed by atoms with E-state index in [-0.39, 0.29) is 11.9 Å². The predicted molar refractivity (Wildman–Crippen MR) is 65.2 cm³/mol. The molecule has 1 aromatic rings. The van der Waals surface area contributed by atoms with E-state index < -0.39 is 0 Å². The van der Waals surface area contributed by atoms with E-state index in [9.17, 15) is 4.79 Å². The van der Waals surface area contributed by atoms with Crippen LogP contribution in [0.2, 0.25) is 5.02 Å². The number of hydrogen-bond donors (Lipinski definition) is 0. The van der Waals surface area contributed by atoms with Crippen LogP contribution >= 0.6 is 11.6 Å². The molecular formula is C13H15ClO3. The number of rotatable bonds is 5. The van der Waals surface area contributed by atoms with Crippen LogP contribution in [0.1, 0.15) is 13.3 Å². The summed E-state index contributed by atoms with van der Waals surface area (Å²) >= 11 is 5.77. The van der Waals surface area contributed by atoms with Crippen LogP contribution in [0, 0.1) is 11.8 Å². The average molecular weight is 255 g/mol. The fourth-order valence-electron chi connectivity index (χ4n) is 1.70. The molecule has 4 heteroatoms. The zero-order valence-electron chi connectivity index (χ0n) is 9.69. The smallest absolute Gasteiger partial charge is 0.309 e. The number of hydrogen-bond acceptors (Lipinski definition) is 3. The molecule has 92 valence electrons. The third-order valence-corrected chi connectivity index (χ3v) is 3.04. The first-order chi connectivity index (χ1) is 8.20. The normalized spacial score (nSPS) is 22.0. The highest BCUT2D eigenvalue weighted by atomic mass is 35.5. The van der Waals surface area contributed by atoms with Gasteiger partial charge in [-0.05, 0) is 37.6 Å². The average Bonchev–Trinajstić information content (AvgIpc) is 3.08. The van der Waals surface area contributed by atoms with Gasteiger partial charge in [-0.1, -0.05) is 11.6 Å². The molecule has 17 heavy (non-hydrogen) atoms. The molecule has 0 radical (unpaired) electrons. The molecule has 0 N–H and O–H groups in total.